The van der Waals surface area contributed by atoms with Crippen molar-refractivity contribution < 1.29 is 4.79 Å². The number of aromatic nitrogens is 2. The van der Waals surface area contributed by atoms with E-state index in [0.29, 0.717) is 10.7 Å². The van der Waals surface area contributed by atoms with E-state index in [1.807, 2.05) is 24.3 Å². The first-order chi connectivity index (χ1) is 11.3. The minimum atomic E-state index is -0.118. The van der Waals surface area contributed by atoms with Crippen molar-refractivity contribution in [2.45, 2.75) is 32.1 Å². The number of anilines is 1. The van der Waals surface area contributed by atoms with Crippen LogP contribution in [-0.4, -0.2) is 15.9 Å². The van der Waals surface area contributed by atoms with Gasteiger partial charge < -0.3 is 0 Å². The zero-order chi connectivity index (χ0) is 15.6. The van der Waals surface area contributed by atoms with E-state index >= 15 is 0 Å². The van der Waals surface area contributed by atoms with Crippen molar-refractivity contribution in [1.82, 2.24) is 9.97 Å². The summed E-state index contributed by atoms with van der Waals surface area (Å²) >= 11 is 1.62. The number of nitrogens with one attached hydrogen (secondary N) is 1. The Balaban J connectivity index is 1.62. The molecule has 0 aliphatic heterocycles. The Morgan fingerprint density at radius 1 is 1.09 bits per heavy atom. The molecule has 1 amide bonds. The maximum atomic E-state index is 12.6. The lowest BCUT2D eigenvalue weighted by Crippen LogP contribution is -2.12. The first kappa shape index (κ1) is 14.3. The van der Waals surface area contributed by atoms with Crippen molar-refractivity contribution in [2.75, 3.05) is 5.32 Å². The molecule has 0 fully saturated rings. The van der Waals surface area contributed by atoms with Gasteiger partial charge in [0.25, 0.3) is 5.91 Å². The number of rotatable bonds is 2. The smallest absolute Gasteiger partial charge is 0.258 e. The number of amides is 1. The Labute approximate surface area is 138 Å². The van der Waals surface area contributed by atoms with E-state index in [2.05, 4.69) is 15.3 Å². The molecule has 1 aliphatic carbocycles. The highest BCUT2D eigenvalue weighted by atomic mass is 32.1. The number of benzene rings is 1. The van der Waals surface area contributed by atoms with Gasteiger partial charge in [-0.3, -0.25) is 15.1 Å². The summed E-state index contributed by atoms with van der Waals surface area (Å²) in [4.78, 5) is 22.9. The molecule has 5 heteroatoms. The SMILES string of the molecule is O=C(Nc1nc2c(s1)CCCCC2)c1ccnc2ccccc12. The van der Waals surface area contributed by atoms with Gasteiger partial charge in [0, 0.05) is 16.5 Å². The topological polar surface area (TPSA) is 54.9 Å². The first-order valence-electron chi connectivity index (χ1n) is 7.95. The summed E-state index contributed by atoms with van der Waals surface area (Å²) in [5, 5.41) is 4.55. The van der Waals surface area contributed by atoms with Crippen LogP contribution in [0, 0.1) is 0 Å². The van der Waals surface area contributed by atoms with Crippen molar-refractivity contribution >= 4 is 33.3 Å². The molecule has 116 valence electrons. The van der Waals surface area contributed by atoms with E-state index in [1.54, 1.807) is 23.6 Å². The summed E-state index contributed by atoms with van der Waals surface area (Å²) < 4.78 is 0. The Bertz CT molecular complexity index is 843. The first-order valence-corrected chi connectivity index (χ1v) is 8.76. The molecule has 0 saturated heterocycles. The second kappa shape index (κ2) is 6.08. The Hall–Kier alpha value is -2.27. The van der Waals surface area contributed by atoms with Crippen molar-refractivity contribution in [3.8, 4) is 0 Å². The fraction of sp³-hybridized carbons (Fsp3) is 0.278. The second-order valence-electron chi connectivity index (χ2n) is 5.78. The van der Waals surface area contributed by atoms with Crippen LogP contribution in [0.3, 0.4) is 0 Å². The van der Waals surface area contributed by atoms with Crippen LogP contribution in [0.2, 0.25) is 0 Å². The van der Waals surface area contributed by atoms with Crippen LogP contribution in [0.15, 0.2) is 36.5 Å². The third-order valence-electron chi connectivity index (χ3n) is 4.21. The number of nitrogens with zero attached hydrogens (tertiary/aromatic N) is 2. The van der Waals surface area contributed by atoms with E-state index < -0.39 is 0 Å². The third kappa shape index (κ3) is 2.84. The summed E-state index contributed by atoms with van der Waals surface area (Å²) in [5.74, 6) is -0.118. The Morgan fingerprint density at radius 2 is 1.96 bits per heavy atom. The molecule has 1 aromatic carbocycles. The fourth-order valence-corrected chi connectivity index (χ4v) is 4.09. The number of hydrogen-bond acceptors (Lipinski definition) is 4. The quantitative estimate of drug-likeness (QED) is 0.719. The van der Waals surface area contributed by atoms with E-state index in [9.17, 15) is 4.79 Å². The number of hydrogen-bond donors (Lipinski definition) is 1. The third-order valence-corrected chi connectivity index (χ3v) is 5.28. The van der Waals surface area contributed by atoms with Gasteiger partial charge in [-0.15, -0.1) is 11.3 Å². The molecular weight excluding hydrogens is 306 g/mol. The highest BCUT2D eigenvalue weighted by Gasteiger charge is 2.17. The summed E-state index contributed by atoms with van der Waals surface area (Å²) in [6.07, 6.45) is 7.47. The molecule has 1 aliphatic rings. The number of para-hydroxylation sites is 1. The standard InChI is InChI=1S/C18H17N3OS/c22-17(13-10-11-19-14-7-5-4-6-12(13)14)21-18-20-15-8-2-1-3-9-16(15)23-18/h4-7,10-11H,1-3,8-9H2,(H,20,21,22). The van der Waals surface area contributed by atoms with Gasteiger partial charge in [-0.05, 0) is 37.8 Å². The zero-order valence-corrected chi connectivity index (χ0v) is 13.5. The molecular formula is C18H17N3OS. The highest BCUT2D eigenvalue weighted by molar-refractivity contribution is 7.15. The molecule has 2 aromatic heterocycles. The molecule has 23 heavy (non-hydrogen) atoms. The van der Waals surface area contributed by atoms with E-state index in [4.69, 9.17) is 0 Å². The molecule has 3 aromatic rings. The number of carbonyl (C=O) groups is 1. The van der Waals surface area contributed by atoms with E-state index in [0.717, 1.165) is 23.7 Å². The highest BCUT2D eigenvalue weighted by Crippen LogP contribution is 2.29. The predicted molar refractivity (Wildman–Crippen MR) is 93.1 cm³/mol. The van der Waals surface area contributed by atoms with Crippen LogP contribution in [0.5, 0.6) is 0 Å². The van der Waals surface area contributed by atoms with Gasteiger partial charge in [-0.2, -0.15) is 0 Å². The van der Waals surface area contributed by atoms with Gasteiger partial charge in [0.05, 0.1) is 16.8 Å². The predicted octanol–water partition coefficient (Wildman–Crippen LogP) is 4.21. The largest absolute Gasteiger partial charge is 0.298 e. The van der Waals surface area contributed by atoms with Crippen molar-refractivity contribution in [1.29, 1.82) is 0 Å². The van der Waals surface area contributed by atoms with Crippen LogP contribution in [-0.2, 0) is 12.8 Å². The average molecular weight is 323 g/mol. The van der Waals surface area contributed by atoms with Crippen LogP contribution >= 0.6 is 11.3 Å². The molecule has 0 radical (unpaired) electrons. The molecule has 0 saturated carbocycles. The molecule has 0 bridgehead atoms. The molecule has 0 unspecified atom stereocenters. The van der Waals surface area contributed by atoms with Crippen LogP contribution in [0.4, 0.5) is 5.13 Å². The maximum Gasteiger partial charge on any atom is 0.258 e. The summed E-state index contributed by atoms with van der Waals surface area (Å²) in [6.45, 7) is 0. The van der Waals surface area contributed by atoms with Gasteiger partial charge >= 0.3 is 0 Å². The molecule has 0 atom stereocenters. The van der Waals surface area contributed by atoms with Crippen LogP contribution < -0.4 is 5.32 Å². The van der Waals surface area contributed by atoms with Crippen molar-refractivity contribution in [3.63, 3.8) is 0 Å². The van der Waals surface area contributed by atoms with Crippen LogP contribution in [0.1, 0.15) is 40.2 Å². The van der Waals surface area contributed by atoms with Crippen molar-refractivity contribution in [3.05, 3.63) is 52.7 Å². The van der Waals surface area contributed by atoms with Gasteiger partial charge in [0.1, 0.15) is 0 Å². The normalized spacial score (nSPS) is 14.3. The lowest BCUT2D eigenvalue weighted by atomic mass is 10.1. The zero-order valence-electron chi connectivity index (χ0n) is 12.7. The van der Waals surface area contributed by atoms with Gasteiger partial charge in [0.15, 0.2) is 5.13 Å². The monoisotopic (exact) mass is 323 g/mol. The second-order valence-corrected chi connectivity index (χ2v) is 6.86. The molecule has 4 nitrogen and oxygen atoms in total. The molecule has 0 spiro atoms. The average Bonchev–Trinajstić information content (AvgIpc) is 2.82. The summed E-state index contributed by atoms with van der Waals surface area (Å²) in [6, 6.07) is 9.45. The van der Waals surface area contributed by atoms with Crippen LogP contribution in [0.25, 0.3) is 10.9 Å². The Morgan fingerprint density at radius 3 is 2.91 bits per heavy atom. The number of fused-ring (bicyclic) bond motifs is 2. The molecule has 1 N–H and O–H groups in total. The minimum absolute atomic E-state index is 0.118. The molecule has 2 heterocycles. The van der Waals surface area contributed by atoms with E-state index in [1.165, 1.54) is 29.8 Å². The number of aryl methyl sites for hydroxylation is 2. The Kier molecular flexibility index (Phi) is 3.79. The summed E-state index contributed by atoms with van der Waals surface area (Å²) in [5.41, 5.74) is 2.64. The van der Waals surface area contributed by atoms with Crippen molar-refractivity contribution in [2.24, 2.45) is 0 Å². The van der Waals surface area contributed by atoms with E-state index in [-0.39, 0.29) is 5.91 Å². The van der Waals surface area contributed by atoms with Gasteiger partial charge in [-0.1, -0.05) is 24.6 Å². The fourth-order valence-electron chi connectivity index (χ4n) is 3.04. The number of pyridine rings is 1. The summed E-state index contributed by atoms with van der Waals surface area (Å²) in [7, 11) is 0. The van der Waals surface area contributed by atoms with Gasteiger partial charge in [0.2, 0.25) is 0 Å². The van der Waals surface area contributed by atoms with Gasteiger partial charge in [-0.25, -0.2) is 4.98 Å². The number of carbonyl (C=O) groups excluding carboxylic acids is 1. The maximum absolute atomic E-state index is 12.6. The number of thiazole rings is 1. The molecule has 4 rings (SSSR count). The minimum Gasteiger partial charge on any atom is -0.298 e. The lowest BCUT2D eigenvalue weighted by Gasteiger charge is -2.05. The lowest BCUT2D eigenvalue weighted by molar-refractivity contribution is 0.102.